The first kappa shape index (κ1) is 26.4. The molecule has 0 aliphatic carbocycles. The number of fused-ring (bicyclic) bond motifs is 3. The Morgan fingerprint density at radius 1 is 0.833 bits per heavy atom. The number of carbonyl (C=O) groups is 3. The maximum atomic E-state index is 13.9. The van der Waals surface area contributed by atoms with Crippen molar-refractivity contribution in [1.29, 1.82) is 0 Å². The maximum Gasteiger partial charge on any atom is 0.308 e. The Morgan fingerprint density at radius 3 is 2.33 bits per heavy atom. The molecular weight excluding hydrogens is 574 g/mol. The van der Waals surface area contributed by atoms with Gasteiger partial charge in [-0.3, -0.25) is 23.7 Å². The first-order valence-electron chi connectivity index (χ1n) is 13.3. The van der Waals surface area contributed by atoms with Gasteiger partial charge in [-0.2, -0.15) is 0 Å². The van der Waals surface area contributed by atoms with Crippen molar-refractivity contribution >= 4 is 63.0 Å². The topological polar surface area (TPSA) is 88.5 Å². The summed E-state index contributed by atoms with van der Waals surface area (Å²) in [5, 5.41) is 4.42. The van der Waals surface area contributed by atoms with Gasteiger partial charge in [-0.15, -0.1) is 0 Å². The van der Waals surface area contributed by atoms with Gasteiger partial charge in [0.2, 0.25) is 17.7 Å². The van der Waals surface area contributed by atoms with Gasteiger partial charge in [-0.05, 0) is 41.3 Å². The van der Waals surface area contributed by atoms with Crippen LogP contribution in [0.2, 0.25) is 0 Å². The molecule has 3 amide bonds. The average Bonchev–Trinajstić information content (AvgIpc) is 3.44. The third-order valence-corrected chi connectivity index (χ3v) is 10.3. The van der Waals surface area contributed by atoms with Gasteiger partial charge in [0, 0.05) is 21.9 Å². The lowest BCUT2D eigenvalue weighted by Crippen LogP contribution is -2.33. The minimum Gasteiger partial charge on any atom is -0.324 e. The number of thiazole rings is 1. The Labute approximate surface area is 247 Å². The lowest BCUT2D eigenvalue weighted by Gasteiger charge is -2.30. The first-order chi connectivity index (χ1) is 20.4. The zero-order chi connectivity index (χ0) is 29.0. The van der Waals surface area contributed by atoms with Gasteiger partial charge in [-0.25, -0.2) is 9.29 Å². The second kappa shape index (κ2) is 10.4. The van der Waals surface area contributed by atoms with Crippen molar-refractivity contribution in [2.24, 2.45) is 5.92 Å². The van der Waals surface area contributed by atoms with Crippen LogP contribution in [0.25, 0.3) is 10.8 Å². The minimum atomic E-state index is -0.818. The molecule has 0 bridgehead atoms. The highest BCUT2D eigenvalue weighted by molar-refractivity contribution is 8.00. The fourth-order valence-electron chi connectivity index (χ4n) is 5.78. The molecule has 2 aliphatic heterocycles. The molecule has 1 saturated heterocycles. The van der Waals surface area contributed by atoms with Crippen LogP contribution in [-0.4, -0.2) is 27.5 Å². The number of rotatable bonds is 5. The molecule has 1 fully saturated rings. The summed E-state index contributed by atoms with van der Waals surface area (Å²) in [5.41, 5.74) is 1.72. The Bertz CT molecular complexity index is 1930. The number of benzene rings is 4. The molecular formula is C32H22FN3O4S2. The van der Waals surface area contributed by atoms with Crippen LogP contribution in [0.1, 0.15) is 16.4 Å². The number of anilines is 2. The highest BCUT2D eigenvalue weighted by Crippen LogP contribution is 2.53. The van der Waals surface area contributed by atoms with Crippen molar-refractivity contribution < 1.29 is 18.8 Å². The summed E-state index contributed by atoms with van der Waals surface area (Å²) in [6.45, 7) is -0.265. The zero-order valence-electron chi connectivity index (χ0n) is 21.9. The monoisotopic (exact) mass is 595 g/mol. The smallest absolute Gasteiger partial charge is 0.308 e. The number of nitrogens with one attached hydrogen (secondary N) is 1. The van der Waals surface area contributed by atoms with Crippen LogP contribution in [0, 0.1) is 11.7 Å². The Morgan fingerprint density at radius 2 is 1.55 bits per heavy atom. The van der Waals surface area contributed by atoms with Crippen LogP contribution in [0.15, 0.2) is 107 Å². The summed E-state index contributed by atoms with van der Waals surface area (Å²) in [7, 11) is 0. The minimum absolute atomic E-state index is 0.265. The third-order valence-electron chi connectivity index (χ3n) is 7.66. The fourth-order valence-corrected chi connectivity index (χ4v) is 8.56. The molecule has 2 aliphatic rings. The molecule has 0 radical (unpaired) electrons. The van der Waals surface area contributed by atoms with Crippen molar-refractivity contribution in [3.8, 4) is 0 Å². The molecule has 1 N–H and O–H groups in total. The summed E-state index contributed by atoms with van der Waals surface area (Å²) in [5.74, 6) is -3.03. The molecule has 3 heterocycles. The summed E-state index contributed by atoms with van der Waals surface area (Å²) in [6.07, 6.45) is 0. The Hall–Kier alpha value is -4.54. The van der Waals surface area contributed by atoms with Gasteiger partial charge in [0.15, 0.2) is 0 Å². The largest absolute Gasteiger partial charge is 0.324 e. The number of hydrogen-bond acceptors (Lipinski definition) is 6. The van der Waals surface area contributed by atoms with E-state index in [0.29, 0.717) is 26.8 Å². The van der Waals surface area contributed by atoms with Crippen LogP contribution in [0.4, 0.5) is 15.8 Å². The molecule has 5 aromatic rings. The number of thioether (sulfide) groups is 1. The van der Waals surface area contributed by atoms with Crippen molar-refractivity contribution in [1.82, 2.24) is 4.57 Å². The molecule has 208 valence electrons. The summed E-state index contributed by atoms with van der Waals surface area (Å²) in [6, 6.07) is 27.8. The highest BCUT2D eigenvalue weighted by Gasteiger charge is 2.56. The van der Waals surface area contributed by atoms with E-state index in [1.807, 2.05) is 36.4 Å². The lowest BCUT2D eigenvalue weighted by atomic mass is 9.83. The second-order valence-corrected chi connectivity index (χ2v) is 12.3. The summed E-state index contributed by atoms with van der Waals surface area (Å²) < 4.78 is 15.3. The van der Waals surface area contributed by atoms with Crippen molar-refractivity contribution in [3.05, 3.63) is 123 Å². The van der Waals surface area contributed by atoms with Gasteiger partial charge >= 0.3 is 4.87 Å². The van der Waals surface area contributed by atoms with E-state index in [0.717, 1.165) is 33.9 Å². The number of carbonyl (C=O) groups excluding carboxylic acids is 3. The van der Waals surface area contributed by atoms with E-state index in [2.05, 4.69) is 5.32 Å². The van der Waals surface area contributed by atoms with Gasteiger partial charge < -0.3 is 5.32 Å². The van der Waals surface area contributed by atoms with Gasteiger partial charge in [0.25, 0.3) is 0 Å². The number of halogens is 1. The van der Waals surface area contributed by atoms with Gasteiger partial charge in [-0.1, -0.05) is 89.8 Å². The maximum absolute atomic E-state index is 13.9. The van der Waals surface area contributed by atoms with Crippen LogP contribution in [0.3, 0.4) is 0 Å². The number of hydrogen-bond donors (Lipinski definition) is 1. The van der Waals surface area contributed by atoms with Gasteiger partial charge in [0.1, 0.15) is 17.6 Å². The molecule has 3 atom stereocenters. The van der Waals surface area contributed by atoms with Crippen molar-refractivity contribution in [2.75, 3.05) is 10.2 Å². The third kappa shape index (κ3) is 4.34. The molecule has 1 aromatic heterocycles. The van der Waals surface area contributed by atoms with E-state index in [4.69, 9.17) is 0 Å². The fraction of sp³-hybridized carbons (Fsp3) is 0.125. The Balaban J connectivity index is 1.28. The number of para-hydroxylation sites is 1. The molecule has 42 heavy (non-hydrogen) atoms. The van der Waals surface area contributed by atoms with Crippen molar-refractivity contribution in [3.63, 3.8) is 0 Å². The lowest BCUT2D eigenvalue weighted by molar-refractivity contribution is -0.122. The van der Waals surface area contributed by atoms with E-state index in [1.54, 1.807) is 48.5 Å². The predicted octanol–water partition coefficient (Wildman–Crippen LogP) is 5.64. The van der Waals surface area contributed by atoms with E-state index in [-0.39, 0.29) is 23.2 Å². The van der Waals surface area contributed by atoms with Gasteiger partial charge in [0.05, 0.1) is 16.6 Å². The molecule has 7 rings (SSSR count). The predicted molar refractivity (Wildman–Crippen MR) is 161 cm³/mol. The quantitative estimate of drug-likeness (QED) is 0.266. The number of imide groups is 1. The summed E-state index contributed by atoms with van der Waals surface area (Å²) in [4.78, 5) is 55.7. The molecule has 4 aromatic carbocycles. The van der Waals surface area contributed by atoms with E-state index < -0.39 is 28.8 Å². The van der Waals surface area contributed by atoms with Crippen LogP contribution in [-0.2, 0) is 20.9 Å². The molecule has 0 spiro atoms. The Kier molecular flexibility index (Phi) is 6.52. The molecule has 7 nitrogen and oxygen atoms in total. The van der Waals surface area contributed by atoms with E-state index in [9.17, 15) is 23.6 Å². The average molecular weight is 596 g/mol. The second-order valence-electron chi connectivity index (χ2n) is 10.1. The van der Waals surface area contributed by atoms with E-state index in [1.165, 1.54) is 21.6 Å². The first-order valence-corrected chi connectivity index (χ1v) is 15.0. The molecule has 10 heteroatoms. The highest BCUT2D eigenvalue weighted by atomic mass is 32.2. The molecule has 0 unspecified atom stereocenters. The number of aromatic nitrogens is 1. The van der Waals surface area contributed by atoms with E-state index >= 15 is 0 Å². The zero-order valence-corrected chi connectivity index (χ0v) is 23.5. The van der Waals surface area contributed by atoms with Crippen molar-refractivity contribution in [2.45, 2.75) is 22.7 Å². The SMILES string of the molecule is O=C(Cn1c2c(sc1=O)[C@@H](c1ccc(F)cc1)[C@@H]1C(=O)N(c3ccccc3)C(=O)[C@@H]1S2)Nc1cccc2ccccc12. The summed E-state index contributed by atoms with van der Waals surface area (Å²) >= 11 is 2.10. The van der Waals surface area contributed by atoms with Crippen LogP contribution < -0.4 is 15.1 Å². The molecule has 0 saturated carbocycles. The standard InChI is InChI=1S/C32H22FN3O4S2/c33-20-15-13-19(14-16-20)25-26-27(30(39)36(29(26)38)21-9-2-1-3-10-21)41-31-28(25)42-32(40)35(31)17-24(37)34-23-12-6-8-18-7-4-5-11-22(18)23/h1-16,25-27H,17H2,(H,34,37)/t25-,26-,27+/m0/s1. The number of nitrogens with zero attached hydrogens (tertiary/aromatic N) is 2. The number of amides is 3. The normalized spacial score (nSPS) is 19.5. The van der Waals surface area contributed by atoms with Crippen LogP contribution in [0.5, 0.6) is 0 Å². The van der Waals surface area contributed by atoms with Crippen LogP contribution >= 0.6 is 23.1 Å².